The fraction of sp³-hybridized carbons (Fsp3) is 0.345. The molecule has 2 aromatic carbocycles. The van der Waals surface area contributed by atoms with Crippen LogP contribution in [0.3, 0.4) is 0 Å². The number of likely N-dealkylation sites (tertiary alicyclic amines) is 1. The molecule has 4 aromatic rings. The Bertz CT molecular complexity index is 1630. The van der Waals surface area contributed by atoms with Crippen molar-refractivity contribution in [3.8, 4) is 11.4 Å². The van der Waals surface area contributed by atoms with E-state index in [1.807, 2.05) is 4.68 Å². The summed E-state index contributed by atoms with van der Waals surface area (Å²) >= 11 is 0. The first-order chi connectivity index (χ1) is 20.3. The zero-order valence-electron chi connectivity index (χ0n) is 22.9. The maximum absolute atomic E-state index is 14.2. The third-order valence-electron chi connectivity index (χ3n) is 7.80. The Morgan fingerprint density at radius 2 is 1.71 bits per heavy atom. The minimum absolute atomic E-state index is 0.0588. The second kappa shape index (κ2) is 11.3. The number of carboxylic acid groups (broad SMARTS) is 1. The Labute approximate surface area is 239 Å². The highest BCUT2D eigenvalue weighted by Crippen LogP contribution is 2.33. The number of hydrogen-bond acceptors (Lipinski definition) is 7. The average molecular weight is 578 g/mol. The maximum atomic E-state index is 14.2. The van der Waals surface area contributed by atoms with Gasteiger partial charge in [-0.1, -0.05) is 0 Å². The number of morpholine rings is 1. The summed E-state index contributed by atoms with van der Waals surface area (Å²) in [6.45, 7) is 3.25. The molecule has 13 heteroatoms. The van der Waals surface area contributed by atoms with Crippen LogP contribution in [0.5, 0.6) is 0 Å². The Morgan fingerprint density at radius 1 is 1.00 bits per heavy atom. The molecule has 2 aliphatic rings. The fourth-order valence-corrected chi connectivity index (χ4v) is 5.41. The van der Waals surface area contributed by atoms with Gasteiger partial charge in [-0.05, 0) is 49.2 Å². The number of carbonyl (C=O) groups excluding carboxylic acids is 1. The topological polar surface area (TPSA) is 117 Å². The van der Waals surface area contributed by atoms with E-state index in [2.05, 4.69) is 4.90 Å². The van der Waals surface area contributed by atoms with Crippen LogP contribution >= 0.6 is 0 Å². The van der Waals surface area contributed by atoms with Crippen LogP contribution < -0.4 is 9.80 Å². The highest BCUT2D eigenvalue weighted by atomic mass is 19.1. The lowest BCUT2D eigenvalue weighted by Crippen LogP contribution is -2.39. The highest BCUT2D eigenvalue weighted by molar-refractivity contribution is 5.94. The van der Waals surface area contributed by atoms with Crippen LogP contribution in [0.25, 0.3) is 22.4 Å². The summed E-state index contributed by atoms with van der Waals surface area (Å²) in [5.41, 5.74) is 1.76. The highest BCUT2D eigenvalue weighted by Gasteiger charge is 2.29. The smallest absolute Gasteiger partial charge is 0.411 e. The van der Waals surface area contributed by atoms with E-state index < -0.39 is 23.6 Å². The van der Waals surface area contributed by atoms with E-state index in [4.69, 9.17) is 19.8 Å². The van der Waals surface area contributed by atoms with Crippen molar-refractivity contribution in [2.45, 2.75) is 18.9 Å². The van der Waals surface area contributed by atoms with Gasteiger partial charge in [-0.3, -0.25) is 9.69 Å². The van der Waals surface area contributed by atoms with Crippen molar-refractivity contribution in [3.63, 3.8) is 0 Å². The van der Waals surface area contributed by atoms with Gasteiger partial charge in [0, 0.05) is 50.5 Å². The number of aromatic nitrogens is 4. The van der Waals surface area contributed by atoms with Crippen LogP contribution in [0.2, 0.25) is 0 Å². The maximum Gasteiger partial charge on any atom is 0.411 e. The largest absolute Gasteiger partial charge is 0.465 e. The molecule has 0 radical (unpaired) electrons. The lowest BCUT2D eigenvalue weighted by atomic mass is 10.0. The first-order valence-electron chi connectivity index (χ1n) is 13.7. The summed E-state index contributed by atoms with van der Waals surface area (Å²) in [7, 11) is 1.48. The number of amides is 2. The molecule has 1 N–H and O–H groups in total. The summed E-state index contributed by atoms with van der Waals surface area (Å²) in [6, 6.07) is 9.92. The van der Waals surface area contributed by atoms with Crippen molar-refractivity contribution in [2.24, 2.45) is 0 Å². The van der Waals surface area contributed by atoms with Crippen LogP contribution in [0.15, 0.2) is 48.7 Å². The van der Waals surface area contributed by atoms with Crippen molar-refractivity contribution in [1.82, 2.24) is 24.6 Å². The van der Waals surface area contributed by atoms with Gasteiger partial charge in [0.1, 0.15) is 17.5 Å². The van der Waals surface area contributed by atoms with Crippen LogP contribution in [0.1, 0.15) is 29.2 Å². The molecule has 218 valence electrons. The monoisotopic (exact) mass is 577 g/mol. The molecule has 4 heterocycles. The van der Waals surface area contributed by atoms with Gasteiger partial charge in [0.05, 0.1) is 36.4 Å². The minimum Gasteiger partial charge on any atom is -0.465 e. The predicted molar refractivity (Wildman–Crippen MR) is 151 cm³/mol. The first kappa shape index (κ1) is 27.5. The summed E-state index contributed by atoms with van der Waals surface area (Å²) in [5, 5.41) is 14.8. The lowest BCUT2D eigenvalue weighted by Gasteiger charge is -2.32. The standard InChI is InChI=1S/C29H29F2N7O4/c1-35(29(40)41)20-5-2-18(3-6-20)25-33-26(36-12-14-42-15-13-36)23-17-32-38(27(23)34-25)21-8-10-37(11-9-21)28(39)22-7-4-19(30)16-24(22)31/h2-7,16-17,21H,8-15H2,1H3,(H,40,41). The first-order valence-corrected chi connectivity index (χ1v) is 13.7. The van der Waals surface area contributed by atoms with Crippen LogP contribution in [-0.2, 0) is 4.74 Å². The van der Waals surface area contributed by atoms with E-state index in [-0.39, 0.29) is 11.6 Å². The summed E-state index contributed by atoms with van der Waals surface area (Å²) in [4.78, 5) is 39.0. The molecule has 2 aliphatic heterocycles. The zero-order chi connectivity index (χ0) is 29.4. The molecular formula is C29H29F2N7O4. The van der Waals surface area contributed by atoms with E-state index in [9.17, 15) is 23.5 Å². The Balaban J connectivity index is 1.30. The van der Waals surface area contributed by atoms with Crippen molar-refractivity contribution in [2.75, 3.05) is 56.2 Å². The number of halogens is 2. The third-order valence-corrected chi connectivity index (χ3v) is 7.80. The van der Waals surface area contributed by atoms with Gasteiger partial charge in [0.25, 0.3) is 5.91 Å². The van der Waals surface area contributed by atoms with Gasteiger partial charge in [0.2, 0.25) is 0 Å². The SMILES string of the molecule is CN(C(=O)O)c1ccc(-c2nc(N3CCOCC3)c3cnn(C4CCN(C(=O)c5ccc(F)cc5F)CC4)c3n2)cc1. The van der Waals surface area contributed by atoms with Crippen molar-refractivity contribution < 1.29 is 28.2 Å². The van der Waals surface area contributed by atoms with Gasteiger partial charge < -0.3 is 19.6 Å². The van der Waals surface area contributed by atoms with Crippen molar-refractivity contribution in [3.05, 3.63) is 65.9 Å². The molecule has 42 heavy (non-hydrogen) atoms. The van der Waals surface area contributed by atoms with Gasteiger partial charge in [0.15, 0.2) is 11.5 Å². The Hall–Kier alpha value is -4.65. The van der Waals surface area contributed by atoms with Gasteiger partial charge in [-0.25, -0.2) is 28.2 Å². The molecule has 0 unspecified atom stereocenters. The molecule has 6 rings (SSSR count). The summed E-state index contributed by atoms with van der Waals surface area (Å²) in [5.74, 6) is -0.838. The number of rotatable bonds is 5. The predicted octanol–water partition coefficient (Wildman–Crippen LogP) is 4.20. The lowest BCUT2D eigenvalue weighted by molar-refractivity contribution is 0.0686. The Morgan fingerprint density at radius 3 is 2.38 bits per heavy atom. The van der Waals surface area contributed by atoms with Crippen LogP contribution in [0.4, 0.5) is 25.1 Å². The Kier molecular flexibility index (Phi) is 7.42. The fourth-order valence-electron chi connectivity index (χ4n) is 5.41. The molecule has 2 fully saturated rings. The molecule has 0 spiro atoms. The van der Waals surface area contributed by atoms with Gasteiger partial charge in [-0.15, -0.1) is 0 Å². The molecule has 0 saturated carbocycles. The molecular weight excluding hydrogens is 548 g/mol. The summed E-state index contributed by atoms with van der Waals surface area (Å²) < 4.78 is 35.0. The number of anilines is 2. The number of benzene rings is 2. The summed E-state index contributed by atoms with van der Waals surface area (Å²) in [6.07, 6.45) is 1.86. The van der Waals surface area contributed by atoms with Crippen molar-refractivity contribution >= 4 is 34.5 Å². The van der Waals surface area contributed by atoms with E-state index >= 15 is 0 Å². The number of piperidine rings is 1. The average Bonchev–Trinajstić information content (AvgIpc) is 3.44. The van der Waals surface area contributed by atoms with E-state index in [0.717, 1.165) is 33.8 Å². The normalized spacial score (nSPS) is 16.2. The number of ether oxygens (including phenoxy) is 1. The quantitative estimate of drug-likeness (QED) is 0.375. The third kappa shape index (κ3) is 5.22. The second-order valence-electron chi connectivity index (χ2n) is 10.3. The van der Waals surface area contributed by atoms with Crippen LogP contribution in [-0.4, -0.2) is 88.2 Å². The molecule has 2 amide bonds. The molecule has 2 aromatic heterocycles. The molecule has 0 aliphatic carbocycles. The minimum atomic E-state index is -1.06. The number of hydrogen-bond donors (Lipinski definition) is 1. The van der Waals surface area contributed by atoms with Crippen LogP contribution in [0, 0.1) is 11.6 Å². The van der Waals surface area contributed by atoms with Gasteiger partial charge in [-0.2, -0.15) is 5.10 Å². The van der Waals surface area contributed by atoms with E-state index in [1.54, 1.807) is 35.4 Å². The van der Waals surface area contributed by atoms with E-state index in [0.29, 0.717) is 69.4 Å². The number of carbonyl (C=O) groups is 2. The molecule has 0 atom stereocenters. The molecule has 0 bridgehead atoms. The zero-order valence-corrected chi connectivity index (χ0v) is 22.9. The molecule has 2 saturated heterocycles. The van der Waals surface area contributed by atoms with E-state index in [1.165, 1.54) is 13.1 Å². The van der Waals surface area contributed by atoms with Crippen molar-refractivity contribution in [1.29, 1.82) is 0 Å². The number of nitrogens with zero attached hydrogens (tertiary/aromatic N) is 7. The number of fused-ring (bicyclic) bond motifs is 1. The van der Waals surface area contributed by atoms with Gasteiger partial charge >= 0.3 is 6.09 Å². The molecule has 11 nitrogen and oxygen atoms in total. The second-order valence-corrected chi connectivity index (χ2v) is 10.3.